The summed E-state index contributed by atoms with van der Waals surface area (Å²) in [6.45, 7) is 2.54. The van der Waals surface area contributed by atoms with Gasteiger partial charge in [-0.15, -0.1) is 0 Å². The second-order valence-electron chi connectivity index (χ2n) is 6.15. The molecule has 2 aliphatic heterocycles. The van der Waals surface area contributed by atoms with Crippen LogP contribution in [0, 0.1) is 0 Å². The van der Waals surface area contributed by atoms with Crippen LogP contribution in [0.15, 0.2) is 66.8 Å². The Bertz CT molecular complexity index is 1020. The Morgan fingerprint density at radius 2 is 2.00 bits per heavy atom. The number of thioether (sulfide) groups is 2. The van der Waals surface area contributed by atoms with Crippen molar-refractivity contribution in [2.45, 2.75) is 11.8 Å². The average molecular weight is 476 g/mol. The van der Waals surface area contributed by atoms with Crippen LogP contribution < -0.4 is 9.64 Å². The number of carbonyl (C=O) groups excluding carboxylic acids is 1. The van der Waals surface area contributed by atoms with E-state index in [9.17, 15) is 4.79 Å². The van der Waals surface area contributed by atoms with Crippen molar-refractivity contribution in [1.29, 1.82) is 0 Å². The van der Waals surface area contributed by atoms with Gasteiger partial charge in [-0.05, 0) is 49.0 Å². The lowest BCUT2D eigenvalue weighted by atomic mass is 10.3. The van der Waals surface area contributed by atoms with Gasteiger partial charge in [-0.3, -0.25) is 9.69 Å². The molecule has 2 aromatic rings. The number of halogens is 1. The van der Waals surface area contributed by atoms with Crippen LogP contribution in [-0.4, -0.2) is 36.7 Å². The van der Waals surface area contributed by atoms with Gasteiger partial charge in [0.15, 0.2) is 5.17 Å². The molecule has 1 saturated heterocycles. The van der Waals surface area contributed by atoms with Crippen molar-refractivity contribution in [1.82, 2.24) is 4.90 Å². The molecule has 28 heavy (non-hydrogen) atoms. The lowest BCUT2D eigenvalue weighted by molar-refractivity contribution is -0.122. The second kappa shape index (κ2) is 7.85. The molecule has 2 aromatic carbocycles. The highest BCUT2D eigenvalue weighted by Crippen LogP contribution is 2.51. The maximum atomic E-state index is 13.1. The molecule has 4 rings (SSSR count). The molecular weight excluding hydrogens is 458 g/mol. The Labute approximate surface area is 181 Å². The molecule has 0 radical (unpaired) electrons. The van der Waals surface area contributed by atoms with E-state index in [2.05, 4.69) is 20.8 Å². The van der Waals surface area contributed by atoms with Gasteiger partial charge in [-0.25, -0.2) is 4.99 Å². The maximum Gasteiger partial charge on any atom is 0.269 e. The summed E-state index contributed by atoms with van der Waals surface area (Å²) in [5, 5.41) is 1.63. The Morgan fingerprint density at radius 1 is 1.18 bits per heavy atom. The van der Waals surface area contributed by atoms with Gasteiger partial charge in [0.1, 0.15) is 10.7 Å². The van der Waals surface area contributed by atoms with Crippen LogP contribution in [0.3, 0.4) is 0 Å². The van der Waals surface area contributed by atoms with Crippen molar-refractivity contribution >= 4 is 61.9 Å². The lowest BCUT2D eigenvalue weighted by Gasteiger charge is -2.15. The summed E-state index contributed by atoms with van der Waals surface area (Å²) in [6, 6.07) is 13.7. The molecule has 0 N–H and O–H groups in total. The molecule has 0 spiro atoms. The van der Waals surface area contributed by atoms with Crippen molar-refractivity contribution in [2.24, 2.45) is 4.99 Å². The van der Waals surface area contributed by atoms with Crippen molar-refractivity contribution in [3.63, 3.8) is 0 Å². The Hall–Kier alpha value is -1.90. The number of rotatable bonds is 3. The fourth-order valence-electron chi connectivity index (χ4n) is 3.01. The first-order chi connectivity index (χ1) is 13.5. The number of nitrogens with zero attached hydrogens (tertiary/aromatic N) is 3. The van der Waals surface area contributed by atoms with Crippen LogP contribution in [0.2, 0.25) is 0 Å². The molecule has 8 heteroatoms. The Balaban J connectivity index is 1.72. The summed E-state index contributed by atoms with van der Waals surface area (Å²) in [6.07, 6.45) is 0. The van der Waals surface area contributed by atoms with Crippen LogP contribution in [0.25, 0.3) is 0 Å². The minimum atomic E-state index is -0.00429. The zero-order valence-electron chi connectivity index (χ0n) is 15.6. The van der Waals surface area contributed by atoms with Crippen molar-refractivity contribution in [3.8, 4) is 5.75 Å². The zero-order valence-corrected chi connectivity index (χ0v) is 18.8. The van der Waals surface area contributed by atoms with Crippen molar-refractivity contribution in [2.75, 3.05) is 25.6 Å². The quantitative estimate of drug-likeness (QED) is 0.552. The fourth-order valence-corrected chi connectivity index (χ4v) is 5.78. The van der Waals surface area contributed by atoms with E-state index in [1.807, 2.05) is 56.4 Å². The van der Waals surface area contributed by atoms with Gasteiger partial charge < -0.3 is 9.64 Å². The molecule has 1 amide bonds. The van der Waals surface area contributed by atoms with Crippen LogP contribution in [-0.2, 0) is 4.79 Å². The standard InChI is InChI=1S/C20H18BrN3O2S2/c1-4-24-18(25)17(28-20(24)22-13-7-5-6-12(21)10-13)19-23(2)15-11-14(26-3)8-9-16(15)27-19/h5-11H,4H2,1-3H3/b19-17-,22-20?. The van der Waals surface area contributed by atoms with Gasteiger partial charge in [0.05, 0.1) is 23.5 Å². The summed E-state index contributed by atoms with van der Waals surface area (Å²) in [4.78, 5) is 23.4. The number of hydrogen-bond donors (Lipinski definition) is 0. The van der Waals surface area contributed by atoms with Crippen molar-refractivity contribution < 1.29 is 9.53 Å². The first-order valence-electron chi connectivity index (χ1n) is 8.69. The van der Waals surface area contributed by atoms with E-state index in [0.717, 1.165) is 31.5 Å². The molecule has 5 nitrogen and oxygen atoms in total. The number of carbonyl (C=O) groups is 1. The molecule has 2 aliphatic rings. The molecule has 0 saturated carbocycles. The highest BCUT2D eigenvalue weighted by atomic mass is 79.9. The maximum absolute atomic E-state index is 13.1. The van der Waals surface area contributed by atoms with E-state index in [-0.39, 0.29) is 5.91 Å². The second-order valence-corrected chi connectivity index (χ2v) is 9.08. The Morgan fingerprint density at radius 3 is 2.71 bits per heavy atom. The smallest absolute Gasteiger partial charge is 0.269 e. The molecule has 2 heterocycles. The summed E-state index contributed by atoms with van der Waals surface area (Å²) in [5.74, 6) is 0.797. The molecule has 144 valence electrons. The van der Waals surface area contributed by atoms with Gasteiger partial charge in [0.2, 0.25) is 0 Å². The molecule has 0 unspecified atom stereocenters. The topological polar surface area (TPSA) is 45.1 Å². The predicted octanol–water partition coefficient (Wildman–Crippen LogP) is 5.45. The SMILES string of the molecule is CCN1C(=O)/C(=C2/Sc3ccc(OC)cc3N2C)SC1=Nc1cccc(Br)c1. The minimum Gasteiger partial charge on any atom is -0.497 e. The van der Waals surface area contributed by atoms with E-state index in [0.29, 0.717) is 16.6 Å². The molecule has 0 aliphatic carbocycles. The molecular formula is C20H18BrN3O2S2. The van der Waals surface area contributed by atoms with Gasteiger partial charge in [-0.2, -0.15) is 0 Å². The number of hydrogen-bond acceptors (Lipinski definition) is 6. The summed E-state index contributed by atoms with van der Waals surface area (Å²) < 4.78 is 6.30. The summed E-state index contributed by atoms with van der Waals surface area (Å²) in [5.41, 5.74) is 1.86. The molecule has 0 aromatic heterocycles. The monoisotopic (exact) mass is 475 g/mol. The van der Waals surface area contributed by atoms with E-state index < -0.39 is 0 Å². The highest BCUT2D eigenvalue weighted by molar-refractivity contribution is 9.10. The number of ether oxygens (including phenoxy) is 1. The number of benzene rings is 2. The van der Waals surface area contributed by atoms with Gasteiger partial charge in [-0.1, -0.05) is 33.8 Å². The summed E-state index contributed by atoms with van der Waals surface area (Å²) in [7, 11) is 3.64. The Kier molecular flexibility index (Phi) is 5.44. The van der Waals surface area contributed by atoms with Gasteiger partial charge in [0.25, 0.3) is 5.91 Å². The number of aliphatic imine (C=N–C) groups is 1. The number of amidine groups is 1. The van der Waals surface area contributed by atoms with Gasteiger partial charge in [0, 0.05) is 29.0 Å². The van der Waals surface area contributed by atoms with E-state index in [1.165, 1.54) is 11.8 Å². The number of anilines is 1. The molecule has 1 fully saturated rings. The fraction of sp³-hybridized carbons (Fsp3) is 0.200. The third kappa shape index (κ3) is 3.44. The average Bonchev–Trinajstić information content (AvgIpc) is 3.17. The number of fused-ring (bicyclic) bond motifs is 1. The van der Waals surface area contributed by atoms with E-state index in [4.69, 9.17) is 9.73 Å². The van der Waals surface area contributed by atoms with E-state index >= 15 is 0 Å². The minimum absolute atomic E-state index is 0.00429. The summed E-state index contributed by atoms with van der Waals surface area (Å²) >= 11 is 6.51. The predicted molar refractivity (Wildman–Crippen MR) is 120 cm³/mol. The number of likely N-dealkylation sites (N-methyl/N-ethyl adjacent to an activating group) is 1. The number of amides is 1. The zero-order chi connectivity index (χ0) is 19.8. The van der Waals surface area contributed by atoms with Crippen LogP contribution in [0.5, 0.6) is 5.75 Å². The van der Waals surface area contributed by atoms with E-state index in [1.54, 1.807) is 23.8 Å². The van der Waals surface area contributed by atoms with Crippen LogP contribution in [0.4, 0.5) is 11.4 Å². The molecule has 0 atom stereocenters. The number of methoxy groups -OCH3 is 1. The third-order valence-corrected chi connectivity index (χ3v) is 7.37. The first-order valence-corrected chi connectivity index (χ1v) is 11.1. The van der Waals surface area contributed by atoms with Crippen LogP contribution >= 0.6 is 39.5 Å². The molecule has 0 bridgehead atoms. The van der Waals surface area contributed by atoms with Crippen LogP contribution in [0.1, 0.15) is 6.92 Å². The lowest BCUT2D eigenvalue weighted by Crippen LogP contribution is -2.29. The third-order valence-electron chi connectivity index (χ3n) is 4.45. The normalized spacial score (nSPS) is 20.3. The first kappa shape index (κ1) is 19.4. The van der Waals surface area contributed by atoms with Crippen molar-refractivity contribution in [3.05, 3.63) is 56.9 Å². The largest absolute Gasteiger partial charge is 0.497 e. The van der Waals surface area contributed by atoms with Gasteiger partial charge >= 0.3 is 0 Å². The highest BCUT2D eigenvalue weighted by Gasteiger charge is 2.38.